The molecule has 0 unspecified atom stereocenters. The Kier molecular flexibility index (Phi) is 5.41. The number of carbonyl (C=O) groups is 2. The smallest absolute Gasteiger partial charge is 0.289 e. The van der Waals surface area contributed by atoms with E-state index in [1.807, 2.05) is 6.92 Å². The highest BCUT2D eigenvalue weighted by molar-refractivity contribution is 5.98. The molecule has 6 heteroatoms. The van der Waals surface area contributed by atoms with Gasteiger partial charge in [0.25, 0.3) is 5.91 Å². The number of furan rings is 1. The molecule has 0 atom stereocenters. The molecule has 1 N–H and O–H groups in total. The average molecular weight is 316 g/mol. The van der Waals surface area contributed by atoms with E-state index >= 15 is 0 Å². The molecule has 1 aromatic heterocycles. The summed E-state index contributed by atoms with van der Waals surface area (Å²) >= 11 is 0. The summed E-state index contributed by atoms with van der Waals surface area (Å²) in [4.78, 5) is 25.6. The lowest BCUT2D eigenvalue weighted by Gasteiger charge is -2.15. The van der Waals surface area contributed by atoms with Crippen molar-refractivity contribution in [2.75, 3.05) is 26.0 Å². The first-order valence-corrected chi connectivity index (χ1v) is 7.31. The summed E-state index contributed by atoms with van der Waals surface area (Å²) in [5.74, 6) is 0.998. The van der Waals surface area contributed by atoms with Gasteiger partial charge in [0, 0.05) is 25.2 Å². The molecule has 2 rings (SSSR count). The summed E-state index contributed by atoms with van der Waals surface area (Å²) in [6.07, 6.45) is 0.716. The normalized spacial score (nSPS) is 10.2. The van der Waals surface area contributed by atoms with Gasteiger partial charge in [-0.25, -0.2) is 0 Å². The first kappa shape index (κ1) is 16.6. The van der Waals surface area contributed by atoms with E-state index in [0.717, 1.165) is 5.76 Å². The SMILES string of the molecule is CCc1ccc(C(=O)N(C)CC(=O)Nc2cccc(OC)c2)o1. The van der Waals surface area contributed by atoms with Gasteiger partial charge in [-0.1, -0.05) is 13.0 Å². The number of carbonyl (C=O) groups excluding carboxylic acids is 2. The largest absolute Gasteiger partial charge is 0.497 e. The number of rotatable bonds is 6. The number of amides is 2. The molecule has 23 heavy (non-hydrogen) atoms. The fourth-order valence-corrected chi connectivity index (χ4v) is 2.06. The van der Waals surface area contributed by atoms with Crippen LogP contribution in [0.25, 0.3) is 0 Å². The van der Waals surface area contributed by atoms with Crippen molar-refractivity contribution in [3.05, 3.63) is 47.9 Å². The molecular weight excluding hydrogens is 296 g/mol. The van der Waals surface area contributed by atoms with Gasteiger partial charge < -0.3 is 19.4 Å². The van der Waals surface area contributed by atoms with Gasteiger partial charge in [0.15, 0.2) is 5.76 Å². The molecular formula is C17H20N2O4. The van der Waals surface area contributed by atoms with Crippen molar-refractivity contribution in [3.63, 3.8) is 0 Å². The van der Waals surface area contributed by atoms with Crippen molar-refractivity contribution in [2.45, 2.75) is 13.3 Å². The topological polar surface area (TPSA) is 71.8 Å². The maximum atomic E-state index is 12.2. The van der Waals surface area contributed by atoms with Crippen molar-refractivity contribution in [1.82, 2.24) is 4.90 Å². The summed E-state index contributed by atoms with van der Waals surface area (Å²) in [5, 5.41) is 2.73. The Hall–Kier alpha value is -2.76. The second kappa shape index (κ2) is 7.49. The van der Waals surface area contributed by atoms with E-state index in [-0.39, 0.29) is 24.1 Å². The Bertz CT molecular complexity index is 693. The van der Waals surface area contributed by atoms with Crippen LogP contribution in [0.3, 0.4) is 0 Å². The molecule has 2 aromatic rings. The van der Waals surface area contributed by atoms with Crippen LogP contribution in [-0.2, 0) is 11.2 Å². The van der Waals surface area contributed by atoms with Crippen LogP contribution in [-0.4, -0.2) is 37.4 Å². The van der Waals surface area contributed by atoms with E-state index in [9.17, 15) is 9.59 Å². The number of likely N-dealkylation sites (N-methyl/N-ethyl adjacent to an activating group) is 1. The molecule has 1 aromatic carbocycles. The molecule has 2 amide bonds. The second-order valence-corrected chi connectivity index (χ2v) is 5.06. The van der Waals surface area contributed by atoms with Gasteiger partial charge in [-0.05, 0) is 24.3 Å². The van der Waals surface area contributed by atoms with Crippen molar-refractivity contribution in [3.8, 4) is 5.75 Å². The number of benzene rings is 1. The maximum Gasteiger partial charge on any atom is 0.289 e. The second-order valence-electron chi connectivity index (χ2n) is 5.06. The molecule has 0 radical (unpaired) electrons. The maximum absolute atomic E-state index is 12.2. The Balaban J connectivity index is 1.94. The van der Waals surface area contributed by atoms with Crippen LogP contribution in [0.2, 0.25) is 0 Å². The number of nitrogens with one attached hydrogen (secondary N) is 1. The minimum absolute atomic E-state index is 0.0712. The Morgan fingerprint density at radius 2 is 2.04 bits per heavy atom. The average Bonchev–Trinajstić information content (AvgIpc) is 3.03. The van der Waals surface area contributed by atoms with Gasteiger partial charge in [0.1, 0.15) is 11.5 Å². The molecule has 0 aliphatic carbocycles. The standard InChI is InChI=1S/C17H20N2O4/c1-4-13-8-9-15(23-13)17(21)19(2)11-16(20)18-12-6-5-7-14(10-12)22-3/h5-10H,4,11H2,1-3H3,(H,18,20). The number of anilines is 1. The number of nitrogens with zero attached hydrogens (tertiary/aromatic N) is 1. The highest BCUT2D eigenvalue weighted by atomic mass is 16.5. The quantitative estimate of drug-likeness (QED) is 0.889. The molecule has 0 spiro atoms. The van der Waals surface area contributed by atoms with Gasteiger partial charge >= 0.3 is 0 Å². The van der Waals surface area contributed by atoms with Crippen LogP contribution in [0, 0.1) is 0 Å². The van der Waals surface area contributed by atoms with Gasteiger partial charge in [-0.2, -0.15) is 0 Å². The van der Waals surface area contributed by atoms with Crippen LogP contribution < -0.4 is 10.1 Å². The zero-order valence-corrected chi connectivity index (χ0v) is 13.5. The fourth-order valence-electron chi connectivity index (χ4n) is 2.06. The highest BCUT2D eigenvalue weighted by Gasteiger charge is 2.18. The fraction of sp³-hybridized carbons (Fsp3) is 0.294. The third-order valence-corrected chi connectivity index (χ3v) is 3.30. The molecule has 0 saturated heterocycles. The molecule has 0 saturated carbocycles. The molecule has 0 bridgehead atoms. The molecule has 1 heterocycles. The van der Waals surface area contributed by atoms with Gasteiger partial charge in [0.05, 0.1) is 13.7 Å². The summed E-state index contributed by atoms with van der Waals surface area (Å²) in [5.41, 5.74) is 0.612. The number of ether oxygens (including phenoxy) is 1. The van der Waals surface area contributed by atoms with Crippen LogP contribution >= 0.6 is 0 Å². The van der Waals surface area contributed by atoms with Crippen molar-refractivity contribution >= 4 is 17.5 Å². The van der Waals surface area contributed by atoms with Crippen LogP contribution in [0.1, 0.15) is 23.2 Å². The zero-order valence-electron chi connectivity index (χ0n) is 13.5. The van der Waals surface area contributed by atoms with Crippen molar-refractivity contribution in [1.29, 1.82) is 0 Å². The number of hydrogen-bond donors (Lipinski definition) is 1. The summed E-state index contributed by atoms with van der Waals surface area (Å²) < 4.78 is 10.5. The zero-order chi connectivity index (χ0) is 16.8. The number of hydrogen-bond acceptors (Lipinski definition) is 4. The van der Waals surface area contributed by atoms with E-state index in [2.05, 4.69) is 5.32 Å². The van der Waals surface area contributed by atoms with E-state index in [1.165, 1.54) is 4.90 Å². The number of aryl methyl sites for hydroxylation is 1. The molecule has 122 valence electrons. The van der Waals surface area contributed by atoms with Crippen LogP contribution in [0.4, 0.5) is 5.69 Å². The monoisotopic (exact) mass is 316 g/mol. The van der Waals surface area contributed by atoms with E-state index in [0.29, 0.717) is 17.9 Å². The third-order valence-electron chi connectivity index (χ3n) is 3.30. The first-order chi connectivity index (χ1) is 11.0. The van der Waals surface area contributed by atoms with Crippen LogP contribution in [0.5, 0.6) is 5.75 Å². The van der Waals surface area contributed by atoms with Crippen molar-refractivity contribution < 1.29 is 18.7 Å². The lowest BCUT2D eigenvalue weighted by molar-refractivity contribution is -0.116. The molecule has 0 aliphatic heterocycles. The Morgan fingerprint density at radius 1 is 1.26 bits per heavy atom. The summed E-state index contributed by atoms with van der Waals surface area (Å²) in [6.45, 7) is 1.87. The lowest BCUT2D eigenvalue weighted by Crippen LogP contribution is -2.34. The summed E-state index contributed by atoms with van der Waals surface area (Å²) in [7, 11) is 3.11. The predicted octanol–water partition coefficient (Wildman–Crippen LogP) is 2.56. The number of methoxy groups -OCH3 is 1. The predicted molar refractivity (Wildman–Crippen MR) is 86.7 cm³/mol. The van der Waals surface area contributed by atoms with Crippen molar-refractivity contribution in [2.24, 2.45) is 0 Å². The third kappa shape index (κ3) is 4.35. The summed E-state index contributed by atoms with van der Waals surface area (Å²) in [6, 6.07) is 10.4. The molecule has 0 fully saturated rings. The minimum Gasteiger partial charge on any atom is -0.497 e. The van der Waals surface area contributed by atoms with Gasteiger partial charge in [-0.3, -0.25) is 9.59 Å². The van der Waals surface area contributed by atoms with Crippen LogP contribution in [0.15, 0.2) is 40.8 Å². The van der Waals surface area contributed by atoms with E-state index < -0.39 is 0 Å². The molecule has 6 nitrogen and oxygen atoms in total. The van der Waals surface area contributed by atoms with Gasteiger partial charge in [0.2, 0.25) is 5.91 Å². The first-order valence-electron chi connectivity index (χ1n) is 7.31. The minimum atomic E-state index is -0.328. The highest BCUT2D eigenvalue weighted by Crippen LogP contribution is 2.16. The lowest BCUT2D eigenvalue weighted by atomic mass is 10.3. The van der Waals surface area contributed by atoms with E-state index in [1.54, 1.807) is 50.6 Å². The Morgan fingerprint density at radius 3 is 2.70 bits per heavy atom. The van der Waals surface area contributed by atoms with Gasteiger partial charge in [-0.15, -0.1) is 0 Å². The van der Waals surface area contributed by atoms with E-state index in [4.69, 9.17) is 9.15 Å². The molecule has 0 aliphatic rings. The Labute approximate surface area is 135 Å².